The Kier molecular flexibility index (Phi) is 6.14. The van der Waals surface area contributed by atoms with Crippen LogP contribution in [0.25, 0.3) is 0 Å². The summed E-state index contributed by atoms with van der Waals surface area (Å²) in [6, 6.07) is 5.76. The van der Waals surface area contributed by atoms with Gasteiger partial charge in [-0.15, -0.1) is 0 Å². The van der Waals surface area contributed by atoms with Crippen LogP contribution in [0.3, 0.4) is 0 Å². The van der Waals surface area contributed by atoms with E-state index in [-0.39, 0.29) is 6.04 Å². The van der Waals surface area contributed by atoms with E-state index in [1.54, 1.807) is 10.4 Å². The van der Waals surface area contributed by atoms with Gasteiger partial charge in [-0.05, 0) is 55.4 Å². The molecule has 6 nitrogen and oxygen atoms in total. The van der Waals surface area contributed by atoms with Gasteiger partial charge in [-0.25, -0.2) is 8.42 Å². The summed E-state index contributed by atoms with van der Waals surface area (Å²) in [5, 5.41) is 0. The van der Waals surface area contributed by atoms with E-state index in [4.69, 9.17) is 9.47 Å². The smallest absolute Gasteiger partial charge is 0.243 e. The highest BCUT2D eigenvalue weighted by atomic mass is 32.2. The maximum Gasteiger partial charge on any atom is 0.243 e. The Labute approximate surface area is 162 Å². The van der Waals surface area contributed by atoms with E-state index in [0.717, 1.165) is 65.0 Å². The van der Waals surface area contributed by atoms with Crippen LogP contribution in [0, 0.1) is 0 Å². The molecule has 0 radical (unpaired) electrons. The van der Waals surface area contributed by atoms with Crippen molar-refractivity contribution in [2.24, 2.45) is 0 Å². The number of rotatable bonds is 6. The highest BCUT2D eigenvalue weighted by Crippen LogP contribution is 2.28. The van der Waals surface area contributed by atoms with Crippen molar-refractivity contribution in [3.8, 4) is 0 Å². The Morgan fingerprint density at radius 2 is 1.70 bits per heavy atom. The van der Waals surface area contributed by atoms with Crippen LogP contribution in [-0.4, -0.2) is 76.3 Å². The Balaban J connectivity index is 1.55. The topological polar surface area (TPSA) is 59.1 Å². The lowest BCUT2D eigenvalue weighted by Crippen LogP contribution is -2.48. The Morgan fingerprint density at radius 1 is 1.00 bits per heavy atom. The van der Waals surface area contributed by atoms with Gasteiger partial charge in [0.25, 0.3) is 0 Å². The van der Waals surface area contributed by atoms with Crippen LogP contribution in [0.5, 0.6) is 0 Å². The lowest BCUT2D eigenvalue weighted by Gasteiger charge is -2.35. The van der Waals surface area contributed by atoms with Crippen molar-refractivity contribution in [2.45, 2.75) is 43.0 Å². The summed E-state index contributed by atoms with van der Waals surface area (Å²) < 4.78 is 39.7. The second-order valence-corrected chi connectivity index (χ2v) is 9.59. The van der Waals surface area contributed by atoms with Gasteiger partial charge < -0.3 is 9.47 Å². The van der Waals surface area contributed by atoms with Gasteiger partial charge in [0.1, 0.15) is 0 Å². The molecule has 2 saturated heterocycles. The summed E-state index contributed by atoms with van der Waals surface area (Å²) in [6.45, 7) is 5.77. The monoisotopic (exact) mass is 394 g/mol. The molecular weight excluding hydrogens is 364 g/mol. The molecule has 150 valence electrons. The van der Waals surface area contributed by atoms with Crippen LogP contribution in [-0.2, 0) is 32.3 Å². The first-order valence-electron chi connectivity index (χ1n) is 10.2. The first-order chi connectivity index (χ1) is 13.1. The summed E-state index contributed by atoms with van der Waals surface area (Å²) in [7, 11) is -3.50. The minimum atomic E-state index is -3.50. The Bertz CT molecular complexity index is 740. The van der Waals surface area contributed by atoms with Crippen LogP contribution in [0.15, 0.2) is 23.1 Å². The molecule has 1 aromatic carbocycles. The average Bonchev–Trinajstić information content (AvgIpc) is 3.17. The van der Waals surface area contributed by atoms with Gasteiger partial charge >= 0.3 is 0 Å². The van der Waals surface area contributed by atoms with Crippen molar-refractivity contribution in [1.82, 2.24) is 9.21 Å². The van der Waals surface area contributed by atoms with Gasteiger partial charge in [0, 0.05) is 45.4 Å². The quantitative estimate of drug-likeness (QED) is 0.735. The molecule has 2 heterocycles. The maximum atomic E-state index is 13.5. The Hall–Kier alpha value is -0.990. The van der Waals surface area contributed by atoms with Gasteiger partial charge in [0.2, 0.25) is 10.0 Å². The van der Waals surface area contributed by atoms with Gasteiger partial charge in [0.05, 0.1) is 18.1 Å². The fourth-order valence-electron chi connectivity index (χ4n) is 4.38. The minimum absolute atomic E-state index is 0.0260. The van der Waals surface area contributed by atoms with Crippen molar-refractivity contribution >= 4 is 10.0 Å². The van der Waals surface area contributed by atoms with E-state index in [9.17, 15) is 8.42 Å². The fourth-order valence-corrected chi connectivity index (χ4v) is 6.11. The molecule has 0 atom stereocenters. The summed E-state index contributed by atoms with van der Waals surface area (Å²) in [5.41, 5.74) is 2.51. The molecule has 1 aromatic rings. The second kappa shape index (κ2) is 8.57. The maximum absolute atomic E-state index is 13.5. The van der Waals surface area contributed by atoms with Gasteiger partial charge in [-0.2, -0.15) is 4.31 Å². The van der Waals surface area contributed by atoms with E-state index in [2.05, 4.69) is 4.90 Å². The number of aryl methyl sites for hydroxylation is 2. The standard InChI is InChI=1S/C20H30N2O4S/c23-27(24,20-5-4-17-2-1-3-18(17)16-20)22(19-6-12-25-13-7-19)9-8-21-10-14-26-15-11-21/h4-5,16,19H,1-3,6-15H2. The number of sulfonamides is 1. The third kappa shape index (κ3) is 4.38. The summed E-state index contributed by atoms with van der Waals surface area (Å²) in [6.07, 6.45) is 4.72. The third-order valence-electron chi connectivity index (χ3n) is 6.01. The van der Waals surface area contributed by atoms with Crippen LogP contribution in [0.1, 0.15) is 30.4 Å². The fraction of sp³-hybridized carbons (Fsp3) is 0.700. The van der Waals surface area contributed by atoms with Crippen molar-refractivity contribution in [3.05, 3.63) is 29.3 Å². The first kappa shape index (κ1) is 19.3. The van der Waals surface area contributed by atoms with Crippen LogP contribution in [0.2, 0.25) is 0 Å². The zero-order valence-electron chi connectivity index (χ0n) is 15.9. The molecule has 0 amide bonds. The first-order valence-corrected chi connectivity index (χ1v) is 11.6. The molecule has 0 aromatic heterocycles. The van der Waals surface area contributed by atoms with E-state index in [1.165, 1.54) is 11.1 Å². The van der Waals surface area contributed by atoms with Crippen molar-refractivity contribution in [2.75, 3.05) is 52.6 Å². The molecule has 7 heteroatoms. The number of fused-ring (bicyclic) bond motifs is 1. The largest absolute Gasteiger partial charge is 0.381 e. The number of nitrogens with zero attached hydrogens (tertiary/aromatic N) is 2. The lowest BCUT2D eigenvalue weighted by molar-refractivity contribution is 0.0291. The molecule has 0 bridgehead atoms. The van der Waals surface area contributed by atoms with Crippen molar-refractivity contribution in [1.29, 1.82) is 0 Å². The third-order valence-corrected chi connectivity index (χ3v) is 7.96. The molecule has 0 spiro atoms. The molecule has 1 aliphatic carbocycles. The van der Waals surface area contributed by atoms with Crippen molar-refractivity contribution < 1.29 is 17.9 Å². The van der Waals surface area contributed by atoms with Crippen LogP contribution < -0.4 is 0 Å². The van der Waals surface area contributed by atoms with Crippen LogP contribution >= 0.6 is 0 Å². The van der Waals surface area contributed by atoms with Gasteiger partial charge in [-0.1, -0.05) is 6.07 Å². The van der Waals surface area contributed by atoms with E-state index in [1.807, 2.05) is 12.1 Å². The lowest BCUT2D eigenvalue weighted by atomic mass is 10.1. The number of benzene rings is 1. The van der Waals surface area contributed by atoms with Crippen LogP contribution in [0.4, 0.5) is 0 Å². The minimum Gasteiger partial charge on any atom is -0.381 e. The molecule has 0 saturated carbocycles. The highest BCUT2D eigenvalue weighted by molar-refractivity contribution is 7.89. The SMILES string of the molecule is O=S(=O)(c1ccc2c(c1)CCC2)N(CCN1CCOCC1)C1CCOCC1. The van der Waals surface area contributed by atoms with Gasteiger partial charge in [-0.3, -0.25) is 4.90 Å². The highest BCUT2D eigenvalue weighted by Gasteiger charge is 2.33. The molecule has 4 rings (SSSR count). The normalized spacial score (nSPS) is 22.3. The van der Waals surface area contributed by atoms with E-state index >= 15 is 0 Å². The summed E-state index contributed by atoms with van der Waals surface area (Å²) in [4.78, 5) is 2.75. The predicted molar refractivity (Wildman–Crippen MR) is 103 cm³/mol. The predicted octanol–water partition coefficient (Wildman–Crippen LogP) is 1.68. The molecule has 0 N–H and O–H groups in total. The number of hydrogen-bond donors (Lipinski definition) is 0. The van der Waals surface area contributed by atoms with E-state index < -0.39 is 10.0 Å². The molecule has 2 fully saturated rings. The molecule has 27 heavy (non-hydrogen) atoms. The number of hydrogen-bond acceptors (Lipinski definition) is 5. The molecule has 0 unspecified atom stereocenters. The average molecular weight is 395 g/mol. The van der Waals surface area contributed by atoms with Crippen molar-refractivity contribution in [3.63, 3.8) is 0 Å². The zero-order chi connectivity index (χ0) is 18.7. The number of ether oxygens (including phenoxy) is 2. The van der Waals surface area contributed by atoms with E-state index in [0.29, 0.717) is 24.7 Å². The molecule has 3 aliphatic rings. The Morgan fingerprint density at radius 3 is 2.48 bits per heavy atom. The number of morpholine rings is 1. The zero-order valence-corrected chi connectivity index (χ0v) is 16.8. The molecular formula is C20H30N2O4S. The second-order valence-electron chi connectivity index (χ2n) is 7.70. The summed E-state index contributed by atoms with van der Waals surface area (Å²) in [5.74, 6) is 0. The summed E-state index contributed by atoms with van der Waals surface area (Å²) >= 11 is 0. The van der Waals surface area contributed by atoms with Gasteiger partial charge in [0.15, 0.2) is 0 Å². The molecule has 2 aliphatic heterocycles.